The van der Waals surface area contributed by atoms with Crippen molar-refractivity contribution in [3.05, 3.63) is 60.2 Å². The summed E-state index contributed by atoms with van der Waals surface area (Å²) >= 11 is 0. The fourth-order valence-corrected chi connectivity index (χ4v) is 3.15. The molecular weight excluding hydrogens is 300 g/mol. The van der Waals surface area contributed by atoms with E-state index in [1.807, 2.05) is 0 Å². The number of hydrogen-bond donors (Lipinski definition) is 1. The Hall–Kier alpha value is -2.47. The maximum absolute atomic E-state index is 4.74. The number of aromatic nitrogens is 5. The molecule has 0 atom stereocenters. The zero-order valence-corrected chi connectivity index (χ0v) is 13.7. The van der Waals surface area contributed by atoms with Crippen LogP contribution in [0, 0.1) is 0 Å². The Morgan fingerprint density at radius 3 is 2.83 bits per heavy atom. The van der Waals surface area contributed by atoms with Gasteiger partial charge in [-0.1, -0.05) is 12.1 Å². The smallest absolute Gasteiger partial charge is 0.138 e. The van der Waals surface area contributed by atoms with Crippen molar-refractivity contribution < 1.29 is 0 Å². The molecule has 24 heavy (non-hydrogen) atoms. The van der Waals surface area contributed by atoms with E-state index in [1.54, 1.807) is 17.3 Å². The average molecular weight is 322 g/mol. The molecule has 0 fully saturated rings. The van der Waals surface area contributed by atoms with E-state index >= 15 is 0 Å². The molecule has 3 heterocycles. The van der Waals surface area contributed by atoms with Crippen molar-refractivity contribution in [2.75, 3.05) is 6.54 Å². The Morgan fingerprint density at radius 1 is 1.12 bits per heavy atom. The summed E-state index contributed by atoms with van der Waals surface area (Å²) in [6.07, 6.45) is 10.2. The summed E-state index contributed by atoms with van der Waals surface area (Å²) in [5, 5.41) is 7.63. The van der Waals surface area contributed by atoms with Crippen LogP contribution in [0.4, 0.5) is 0 Å². The number of nitrogens with one attached hydrogen (secondary N) is 1. The number of fused-ring (bicyclic) bond motifs is 1. The van der Waals surface area contributed by atoms with E-state index in [2.05, 4.69) is 50.4 Å². The van der Waals surface area contributed by atoms with E-state index in [9.17, 15) is 0 Å². The van der Waals surface area contributed by atoms with Crippen LogP contribution in [0.15, 0.2) is 43.1 Å². The highest BCUT2D eigenvalue weighted by molar-refractivity contribution is 5.33. The first-order chi connectivity index (χ1) is 11.9. The van der Waals surface area contributed by atoms with Crippen LogP contribution in [0.2, 0.25) is 0 Å². The molecule has 1 aliphatic heterocycles. The van der Waals surface area contributed by atoms with Crippen LogP contribution in [-0.2, 0) is 25.9 Å². The lowest BCUT2D eigenvalue weighted by Gasteiger charge is -2.11. The third kappa shape index (κ3) is 3.38. The van der Waals surface area contributed by atoms with Crippen molar-refractivity contribution in [2.45, 2.75) is 38.8 Å². The Balaban J connectivity index is 1.26. The zero-order valence-electron chi connectivity index (χ0n) is 13.7. The topological polar surface area (TPSA) is 60.6 Å². The van der Waals surface area contributed by atoms with Gasteiger partial charge in [-0.25, -0.2) is 14.6 Å². The molecule has 0 radical (unpaired) electrons. The van der Waals surface area contributed by atoms with Gasteiger partial charge in [-0.05, 0) is 30.5 Å². The molecule has 1 aliphatic rings. The first kappa shape index (κ1) is 15.1. The van der Waals surface area contributed by atoms with Crippen molar-refractivity contribution >= 4 is 0 Å². The van der Waals surface area contributed by atoms with Crippen LogP contribution < -0.4 is 5.32 Å². The number of benzene rings is 1. The summed E-state index contributed by atoms with van der Waals surface area (Å²) in [5.74, 6) is 1.26. The fraction of sp³-hybridized carbons (Fsp3) is 0.389. The molecule has 0 amide bonds. The molecule has 3 aromatic rings. The van der Waals surface area contributed by atoms with E-state index in [0.29, 0.717) is 0 Å². The normalized spacial score (nSPS) is 13.8. The molecule has 0 bridgehead atoms. The predicted molar refractivity (Wildman–Crippen MR) is 91.9 cm³/mol. The third-order valence-corrected chi connectivity index (χ3v) is 4.47. The van der Waals surface area contributed by atoms with Crippen molar-refractivity contribution in [1.29, 1.82) is 0 Å². The van der Waals surface area contributed by atoms with Crippen LogP contribution in [0.1, 0.15) is 29.9 Å². The number of hydrogen-bond acceptors (Lipinski definition) is 4. The Labute approximate surface area is 141 Å². The van der Waals surface area contributed by atoms with Crippen molar-refractivity contribution in [2.24, 2.45) is 0 Å². The summed E-state index contributed by atoms with van der Waals surface area (Å²) in [4.78, 5) is 8.71. The predicted octanol–water partition coefficient (Wildman–Crippen LogP) is 2.13. The van der Waals surface area contributed by atoms with Crippen LogP contribution in [0.5, 0.6) is 0 Å². The molecule has 6 nitrogen and oxygen atoms in total. The van der Waals surface area contributed by atoms with E-state index in [4.69, 9.17) is 4.98 Å². The minimum Gasteiger partial charge on any atom is -0.335 e. The molecule has 2 aromatic heterocycles. The Bertz CT molecular complexity index is 749. The third-order valence-electron chi connectivity index (χ3n) is 4.47. The van der Waals surface area contributed by atoms with Gasteiger partial charge in [-0.15, -0.1) is 0 Å². The molecule has 4 rings (SSSR count). The summed E-state index contributed by atoms with van der Waals surface area (Å²) in [6, 6.07) is 8.38. The standard InChI is InChI=1S/C18H22N6/c1-2-10-23-12-16(22-18(23)3-1)8-9-19-11-15-4-6-17(7-5-15)24-14-20-13-21-24/h4-7,12-14,19H,1-3,8-11H2. The van der Waals surface area contributed by atoms with Gasteiger partial charge < -0.3 is 9.88 Å². The van der Waals surface area contributed by atoms with E-state index in [1.165, 1.54) is 29.9 Å². The van der Waals surface area contributed by atoms with Gasteiger partial charge in [0.15, 0.2) is 0 Å². The zero-order chi connectivity index (χ0) is 16.2. The highest BCUT2D eigenvalue weighted by Gasteiger charge is 2.11. The van der Waals surface area contributed by atoms with Gasteiger partial charge in [-0.2, -0.15) is 5.10 Å². The largest absolute Gasteiger partial charge is 0.335 e. The summed E-state index contributed by atoms with van der Waals surface area (Å²) in [6.45, 7) is 2.94. The van der Waals surface area contributed by atoms with Crippen LogP contribution >= 0.6 is 0 Å². The molecule has 0 unspecified atom stereocenters. The second kappa shape index (κ2) is 6.97. The highest BCUT2D eigenvalue weighted by Crippen LogP contribution is 2.14. The SMILES string of the molecule is c1ncn(-c2ccc(CNCCc3cn4c(n3)CCCC4)cc2)n1. The second-order valence-corrected chi connectivity index (χ2v) is 6.23. The van der Waals surface area contributed by atoms with Crippen molar-refractivity contribution in [1.82, 2.24) is 29.6 Å². The maximum atomic E-state index is 4.74. The van der Waals surface area contributed by atoms with Gasteiger partial charge in [0.2, 0.25) is 0 Å². The molecule has 1 N–H and O–H groups in total. The molecule has 1 aromatic carbocycles. The average Bonchev–Trinajstić information content (AvgIpc) is 3.28. The van der Waals surface area contributed by atoms with Crippen LogP contribution in [-0.4, -0.2) is 30.9 Å². The number of nitrogens with zero attached hydrogens (tertiary/aromatic N) is 5. The van der Waals surface area contributed by atoms with Crippen LogP contribution in [0.25, 0.3) is 5.69 Å². The number of aryl methyl sites for hydroxylation is 2. The first-order valence-electron chi connectivity index (χ1n) is 8.58. The van der Waals surface area contributed by atoms with Gasteiger partial charge in [-0.3, -0.25) is 0 Å². The lowest BCUT2D eigenvalue weighted by molar-refractivity contribution is 0.522. The van der Waals surface area contributed by atoms with E-state index < -0.39 is 0 Å². The van der Waals surface area contributed by atoms with Crippen LogP contribution in [0.3, 0.4) is 0 Å². The lowest BCUT2D eigenvalue weighted by Crippen LogP contribution is -2.16. The molecule has 0 aliphatic carbocycles. The molecule has 0 spiro atoms. The van der Waals surface area contributed by atoms with Crippen molar-refractivity contribution in [3.63, 3.8) is 0 Å². The molecule has 0 saturated carbocycles. The summed E-state index contributed by atoms with van der Waals surface area (Å²) in [5.41, 5.74) is 3.50. The molecule has 0 saturated heterocycles. The summed E-state index contributed by atoms with van der Waals surface area (Å²) < 4.78 is 4.08. The molecular formula is C18H22N6. The maximum Gasteiger partial charge on any atom is 0.138 e. The van der Waals surface area contributed by atoms with Crippen molar-refractivity contribution in [3.8, 4) is 5.69 Å². The monoisotopic (exact) mass is 322 g/mol. The molecule has 124 valence electrons. The van der Waals surface area contributed by atoms with Gasteiger partial charge >= 0.3 is 0 Å². The van der Waals surface area contributed by atoms with E-state index in [0.717, 1.165) is 38.2 Å². The highest BCUT2D eigenvalue weighted by atomic mass is 15.3. The quantitative estimate of drug-likeness (QED) is 0.706. The number of imidazole rings is 1. The fourth-order valence-electron chi connectivity index (χ4n) is 3.15. The van der Waals surface area contributed by atoms with Gasteiger partial charge in [0.1, 0.15) is 18.5 Å². The Morgan fingerprint density at radius 2 is 2.04 bits per heavy atom. The minimum absolute atomic E-state index is 0.866. The Kier molecular flexibility index (Phi) is 4.38. The second-order valence-electron chi connectivity index (χ2n) is 6.23. The summed E-state index contributed by atoms with van der Waals surface area (Å²) in [7, 11) is 0. The van der Waals surface area contributed by atoms with Gasteiger partial charge in [0.25, 0.3) is 0 Å². The van der Waals surface area contributed by atoms with E-state index in [-0.39, 0.29) is 0 Å². The molecule has 6 heteroatoms. The number of rotatable bonds is 6. The minimum atomic E-state index is 0.866. The lowest BCUT2D eigenvalue weighted by atomic mass is 10.2. The van der Waals surface area contributed by atoms with Gasteiger partial charge in [0, 0.05) is 38.7 Å². The van der Waals surface area contributed by atoms with Gasteiger partial charge in [0.05, 0.1) is 11.4 Å². The first-order valence-corrected chi connectivity index (χ1v) is 8.58.